The summed E-state index contributed by atoms with van der Waals surface area (Å²) in [6.07, 6.45) is 2.95. The zero-order valence-corrected chi connectivity index (χ0v) is 25.7. The van der Waals surface area contributed by atoms with Gasteiger partial charge in [-0.25, -0.2) is 4.98 Å². The molecule has 0 spiro atoms. The Bertz CT molecular complexity index is 1130. The van der Waals surface area contributed by atoms with Gasteiger partial charge < -0.3 is 12.5 Å². The number of hydrogen-bond acceptors (Lipinski definition) is 5. The number of benzene rings is 2. The molecule has 2 aromatic carbocycles. The molecule has 4 rings (SSSR count). The molecule has 158 valence electrons. The molecule has 0 amide bonds. The number of imidazole rings is 1. The molecule has 32 heavy (non-hydrogen) atoms. The van der Waals surface area contributed by atoms with Crippen LogP contribution in [-0.4, -0.2) is 35.3 Å². The van der Waals surface area contributed by atoms with Crippen molar-refractivity contribution in [3.8, 4) is 22.5 Å². The van der Waals surface area contributed by atoms with Gasteiger partial charge in [0.2, 0.25) is 5.82 Å². The number of aliphatic hydroxyl groups excluding tert-OH is 1. The molecule has 0 unspecified atom stereocenters. The van der Waals surface area contributed by atoms with Crippen LogP contribution in [0.5, 0.6) is 0 Å². The summed E-state index contributed by atoms with van der Waals surface area (Å²) in [5.41, 5.74) is 4.80. The smallest absolute Gasteiger partial charge is 1.00 e. The number of hydrogen-bond donors (Lipinski definition) is 2. The second-order valence-corrected chi connectivity index (χ2v) is 7.45. The number of aromatic amines is 1. The van der Waals surface area contributed by atoms with Gasteiger partial charge in [-0.15, -0.1) is 10.2 Å². The predicted molar refractivity (Wildman–Crippen MR) is 118 cm³/mol. The largest absolute Gasteiger partial charge is 1.00 e. The number of aromatic nitrogens is 6. The van der Waals surface area contributed by atoms with Gasteiger partial charge in [-0.1, -0.05) is 73.5 Å². The van der Waals surface area contributed by atoms with Crippen LogP contribution in [0.1, 0.15) is 39.7 Å². The summed E-state index contributed by atoms with van der Waals surface area (Å²) in [7, 11) is 0. The third-order valence-electron chi connectivity index (χ3n) is 5.13. The Balaban J connectivity index is 0.00000272. The average molecular weight is 503 g/mol. The Kier molecular flexibility index (Phi) is 12.4. The standard InChI is InChI=1S/C22H23ClN6O.2K.2H/c1-2-3-8-20-24-21(23)19(14-30)29(20)13-15-9-11-16(12-10-15)17-6-4-5-7-18(17)22-25-27-28-26-22;;;;/h4-7,9-12,30H,2-3,8,13-14H2,1H3,(H,25,26,27,28);;;;/q;2*+1;2*-1. The van der Waals surface area contributed by atoms with E-state index in [-0.39, 0.29) is 112 Å². The summed E-state index contributed by atoms with van der Waals surface area (Å²) in [4.78, 5) is 4.47. The van der Waals surface area contributed by atoms with E-state index < -0.39 is 0 Å². The molecule has 0 radical (unpaired) electrons. The molecule has 0 aliphatic heterocycles. The van der Waals surface area contributed by atoms with Crippen LogP contribution in [0.3, 0.4) is 0 Å². The molecule has 0 atom stereocenters. The number of halogens is 1. The molecule has 10 heteroatoms. The molecule has 0 fully saturated rings. The third kappa shape index (κ3) is 6.68. The van der Waals surface area contributed by atoms with Crippen LogP contribution in [0.15, 0.2) is 48.5 Å². The van der Waals surface area contributed by atoms with Crippen LogP contribution < -0.4 is 103 Å². The van der Waals surface area contributed by atoms with Gasteiger partial charge in [0.15, 0.2) is 5.15 Å². The fourth-order valence-electron chi connectivity index (χ4n) is 3.55. The van der Waals surface area contributed by atoms with Crippen molar-refractivity contribution in [1.82, 2.24) is 30.2 Å². The molecule has 0 bridgehead atoms. The summed E-state index contributed by atoms with van der Waals surface area (Å²) in [6, 6.07) is 16.3. The molecular formula is C22H25ClK2N6O. The molecule has 2 heterocycles. The van der Waals surface area contributed by atoms with Crippen LogP contribution >= 0.6 is 11.6 Å². The second-order valence-electron chi connectivity index (χ2n) is 7.09. The number of rotatable bonds is 8. The topological polar surface area (TPSA) is 92.5 Å². The number of tetrazole rings is 1. The SMILES string of the molecule is CCCCc1nc(Cl)c(CO)n1Cc1ccc(-c2ccccc2-c2nn[nH]n2)cc1.[H-].[H-].[K+].[K+]. The van der Waals surface area contributed by atoms with E-state index in [0.717, 1.165) is 47.3 Å². The van der Waals surface area contributed by atoms with Gasteiger partial charge in [0, 0.05) is 18.5 Å². The molecule has 2 N–H and O–H groups in total. The van der Waals surface area contributed by atoms with Crippen molar-refractivity contribution in [2.24, 2.45) is 0 Å². The normalized spacial score (nSPS) is 10.5. The Labute approximate surface area is 280 Å². The number of aryl methyl sites for hydroxylation is 1. The summed E-state index contributed by atoms with van der Waals surface area (Å²) >= 11 is 6.26. The van der Waals surface area contributed by atoms with Crippen molar-refractivity contribution in [3.63, 3.8) is 0 Å². The first kappa shape index (κ1) is 28.5. The third-order valence-corrected chi connectivity index (χ3v) is 5.43. The van der Waals surface area contributed by atoms with E-state index in [9.17, 15) is 5.11 Å². The Morgan fingerprint density at radius 1 is 1.06 bits per heavy atom. The minimum Gasteiger partial charge on any atom is -1.00 e. The molecule has 0 saturated carbocycles. The van der Waals surface area contributed by atoms with Crippen LogP contribution in [0.2, 0.25) is 5.15 Å². The van der Waals surface area contributed by atoms with Crippen molar-refractivity contribution < 1.29 is 111 Å². The molecule has 4 aromatic rings. The summed E-state index contributed by atoms with van der Waals surface area (Å²) in [6.45, 7) is 2.63. The predicted octanol–water partition coefficient (Wildman–Crippen LogP) is -1.50. The maximum absolute atomic E-state index is 9.77. The number of nitrogens with one attached hydrogen (secondary N) is 1. The summed E-state index contributed by atoms with van der Waals surface area (Å²) in [5.74, 6) is 1.48. The van der Waals surface area contributed by atoms with Crippen molar-refractivity contribution in [1.29, 1.82) is 0 Å². The number of unbranched alkanes of at least 4 members (excludes halogenated alkanes) is 1. The fourth-order valence-corrected chi connectivity index (χ4v) is 3.81. The molecule has 2 aromatic heterocycles. The molecular weight excluding hydrogens is 478 g/mol. The summed E-state index contributed by atoms with van der Waals surface area (Å²) in [5, 5.41) is 24.5. The van der Waals surface area contributed by atoms with Crippen molar-refractivity contribution in [3.05, 3.63) is 70.8 Å². The van der Waals surface area contributed by atoms with Gasteiger partial charge in [0.25, 0.3) is 0 Å². The van der Waals surface area contributed by atoms with Gasteiger partial charge >= 0.3 is 103 Å². The van der Waals surface area contributed by atoms with Crippen LogP contribution in [0.25, 0.3) is 22.5 Å². The van der Waals surface area contributed by atoms with E-state index in [1.165, 1.54) is 0 Å². The van der Waals surface area contributed by atoms with E-state index >= 15 is 0 Å². The maximum atomic E-state index is 9.77. The van der Waals surface area contributed by atoms with Crippen molar-refractivity contribution in [2.75, 3.05) is 0 Å². The van der Waals surface area contributed by atoms with Gasteiger partial charge in [-0.05, 0) is 28.3 Å². The quantitative estimate of drug-likeness (QED) is 0.286. The van der Waals surface area contributed by atoms with Crippen LogP contribution in [0, 0.1) is 0 Å². The van der Waals surface area contributed by atoms with Gasteiger partial charge in [-0.3, -0.25) is 0 Å². The van der Waals surface area contributed by atoms with Crippen LogP contribution in [0.4, 0.5) is 0 Å². The van der Waals surface area contributed by atoms with Crippen molar-refractivity contribution >= 4 is 11.6 Å². The Hall–Kier alpha value is 0.243. The molecule has 0 aliphatic carbocycles. The number of aliphatic hydroxyl groups is 1. The Morgan fingerprint density at radius 2 is 1.78 bits per heavy atom. The zero-order chi connectivity index (χ0) is 20.9. The van der Waals surface area contributed by atoms with Crippen LogP contribution in [-0.2, 0) is 19.6 Å². The van der Waals surface area contributed by atoms with E-state index in [1.54, 1.807) is 0 Å². The molecule has 0 aliphatic rings. The van der Waals surface area contributed by atoms with Gasteiger partial charge in [-0.2, -0.15) is 5.21 Å². The van der Waals surface area contributed by atoms with Gasteiger partial charge in [0.1, 0.15) is 5.82 Å². The summed E-state index contributed by atoms with van der Waals surface area (Å²) < 4.78 is 2.03. The fraction of sp³-hybridized carbons (Fsp3) is 0.273. The van der Waals surface area contributed by atoms with Gasteiger partial charge in [0.05, 0.1) is 12.3 Å². The van der Waals surface area contributed by atoms with E-state index in [1.807, 2.05) is 28.8 Å². The monoisotopic (exact) mass is 502 g/mol. The van der Waals surface area contributed by atoms with E-state index in [2.05, 4.69) is 56.8 Å². The second kappa shape index (κ2) is 14.0. The average Bonchev–Trinajstić information content (AvgIpc) is 3.41. The minimum atomic E-state index is -0.131. The Morgan fingerprint density at radius 3 is 2.41 bits per heavy atom. The first-order valence-corrected chi connectivity index (χ1v) is 10.4. The number of H-pyrrole nitrogens is 1. The first-order chi connectivity index (χ1) is 14.7. The minimum absolute atomic E-state index is 0. The number of nitrogens with zero attached hydrogens (tertiary/aromatic N) is 5. The first-order valence-electron chi connectivity index (χ1n) is 9.98. The maximum Gasteiger partial charge on any atom is 1.00 e. The van der Waals surface area contributed by atoms with Crippen molar-refractivity contribution in [2.45, 2.75) is 39.3 Å². The molecule has 0 saturated heterocycles. The zero-order valence-electron chi connectivity index (χ0n) is 20.7. The molecule has 7 nitrogen and oxygen atoms in total. The van der Waals surface area contributed by atoms with E-state index in [4.69, 9.17) is 11.6 Å². The van der Waals surface area contributed by atoms with E-state index in [0.29, 0.717) is 23.2 Å².